The number of ether oxygens (including phenoxy) is 1. The van der Waals surface area contributed by atoms with E-state index < -0.39 is 16.5 Å². The van der Waals surface area contributed by atoms with Gasteiger partial charge in [0.2, 0.25) is 0 Å². The van der Waals surface area contributed by atoms with Crippen molar-refractivity contribution in [3.63, 3.8) is 0 Å². The summed E-state index contributed by atoms with van der Waals surface area (Å²) >= 11 is 0. The van der Waals surface area contributed by atoms with Crippen LogP contribution in [0, 0.1) is 20.9 Å². The largest absolute Gasteiger partial charge is 0.481 e. The van der Waals surface area contributed by atoms with Gasteiger partial charge in [0.1, 0.15) is 0 Å². The highest BCUT2D eigenvalue weighted by Gasteiger charge is 2.71. The molecule has 7 nitrogen and oxygen atoms in total. The normalized spacial score (nSPS) is 33.4. The van der Waals surface area contributed by atoms with Gasteiger partial charge in [0.25, 0.3) is 5.09 Å². The van der Waals surface area contributed by atoms with Gasteiger partial charge < -0.3 is 14.7 Å². The average molecular weight is 245 g/mol. The van der Waals surface area contributed by atoms with Crippen LogP contribution in [-0.2, 0) is 14.4 Å². The van der Waals surface area contributed by atoms with Gasteiger partial charge in [-0.15, -0.1) is 10.1 Å². The smallest absolute Gasteiger partial charge is 0.309 e. The molecule has 96 valence electrons. The molecule has 3 fully saturated rings. The topological polar surface area (TPSA) is 98.9 Å². The molecule has 7 heteroatoms. The lowest BCUT2D eigenvalue weighted by atomic mass is 9.35. The summed E-state index contributed by atoms with van der Waals surface area (Å²) in [6.07, 6.45) is 2.60. The van der Waals surface area contributed by atoms with Crippen molar-refractivity contribution in [3.05, 3.63) is 10.1 Å². The minimum atomic E-state index is -0.822. The molecular formula is C10H15NO6. The number of carbonyl (C=O) groups is 1. The summed E-state index contributed by atoms with van der Waals surface area (Å²) in [5.41, 5.74) is -0.388. The van der Waals surface area contributed by atoms with Crippen LogP contribution in [0.25, 0.3) is 0 Å². The summed E-state index contributed by atoms with van der Waals surface area (Å²) in [5.74, 6) is -0.696. The van der Waals surface area contributed by atoms with E-state index in [0.717, 1.165) is 0 Å². The van der Waals surface area contributed by atoms with Crippen LogP contribution in [0.2, 0.25) is 0 Å². The summed E-state index contributed by atoms with van der Waals surface area (Å²) < 4.78 is 5.39. The highest BCUT2D eigenvalue weighted by atomic mass is 16.9. The van der Waals surface area contributed by atoms with Gasteiger partial charge >= 0.3 is 5.97 Å². The second kappa shape index (κ2) is 4.14. The molecule has 3 rings (SSSR count). The standard InChI is InChI=1S/C10H15NO6/c12-8(13)10-4-9(5-10,6-10)7-16-2-1-3-17-11(14)15/h1-7H2,(H,12,13). The monoisotopic (exact) mass is 245 g/mol. The van der Waals surface area contributed by atoms with Crippen LogP contribution in [0.15, 0.2) is 0 Å². The van der Waals surface area contributed by atoms with Crippen LogP contribution >= 0.6 is 0 Å². The van der Waals surface area contributed by atoms with Crippen LogP contribution in [0.5, 0.6) is 0 Å². The molecule has 0 atom stereocenters. The van der Waals surface area contributed by atoms with Gasteiger partial charge in [0, 0.05) is 6.61 Å². The van der Waals surface area contributed by atoms with Crippen molar-refractivity contribution in [2.75, 3.05) is 19.8 Å². The third-order valence-corrected chi connectivity index (χ3v) is 3.63. The second-order valence-corrected chi connectivity index (χ2v) is 5.08. The molecule has 0 heterocycles. The lowest BCUT2D eigenvalue weighted by Gasteiger charge is -2.68. The molecule has 3 aliphatic rings. The number of carboxylic acid groups (broad SMARTS) is 1. The van der Waals surface area contributed by atoms with Crippen molar-refractivity contribution in [1.29, 1.82) is 0 Å². The molecule has 0 aromatic rings. The number of aliphatic carboxylic acids is 1. The minimum absolute atomic E-state index is 0.0407. The molecule has 0 unspecified atom stereocenters. The van der Waals surface area contributed by atoms with Crippen LogP contribution in [-0.4, -0.2) is 36.0 Å². The van der Waals surface area contributed by atoms with E-state index in [1.54, 1.807) is 0 Å². The Hall–Kier alpha value is -1.37. The van der Waals surface area contributed by atoms with Crippen LogP contribution in [0.1, 0.15) is 25.7 Å². The SMILES string of the molecule is O=C(O)C12CC(COCCCO[N+](=O)[O-])(C1)C2. The summed E-state index contributed by atoms with van der Waals surface area (Å²) in [6, 6.07) is 0. The lowest BCUT2D eigenvalue weighted by Crippen LogP contribution is -2.67. The molecule has 0 aromatic heterocycles. The first kappa shape index (κ1) is 12.1. The zero-order chi connectivity index (χ0) is 12.5. The maximum absolute atomic E-state index is 10.8. The number of hydrogen-bond acceptors (Lipinski definition) is 5. The summed E-state index contributed by atoms with van der Waals surface area (Å²) in [5, 5.41) is 17.9. The molecule has 0 saturated heterocycles. The summed E-state index contributed by atoms with van der Waals surface area (Å²) in [6.45, 7) is 1.01. The Morgan fingerprint density at radius 3 is 2.53 bits per heavy atom. The van der Waals surface area contributed by atoms with Gasteiger partial charge in [0.15, 0.2) is 0 Å². The molecule has 3 aliphatic carbocycles. The van der Waals surface area contributed by atoms with Gasteiger partial charge in [-0.1, -0.05) is 0 Å². The minimum Gasteiger partial charge on any atom is -0.481 e. The van der Waals surface area contributed by atoms with Crippen LogP contribution < -0.4 is 0 Å². The first-order valence-electron chi connectivity index (χ1n) is 5.57. The predicted molar refractivity (Wildman–Crippen MR) is 54.7 cm³/mol. The van der Waals surface area contributed by atoms with Crippen molar-refractivity contribution < 1.29 is 24.6 Å². The Morgan fingerprint density at radius 1 is 1.35 bits per heavy atom. The maximum atomic E-state index is 10.8. The molecule has 2 bridgehead atoms. The Morgan fingerprint density at radius 2 is 2.00 bits per heavy atom. The van der Waals surface area contributed by atoms with Crippen molar-refractivity contribution in [1.82, 2.24) is 0 Å². The van der Waals surface area contributed by atoms with E-state index in [1.807, 2.05) is 0 Å². The van der Waals surface area contributed by atoms with E-state index in [1.165, 1.54) is 0 Å². The molecule has 17 heavy (non-hydrogen) atoms. The van der Waals surface area contributed by atoms with E-state index in [0.29, 0.717) is 38.9 Å². The van der Waals surface area contributed by atoms with Gasteiger partial charge in [-0.2, -0.15) is 0 Å². The number of hydrogen-bond donors (Lipinski definition) is 1. The Labute approximate surface area is 97.8 Å². The van der Waals surface area contributed by atoms with Crippen LogP contribution in [0.3, 0.4) is 0 Å². The number of carboxylic acids is 1. The van der Waals surface area contributed by atoms with Crippen molar-refractivity contribution in [3.8, 4) is 0 Å². The fraction of sp³-hybridized carbons (Fsp3) is 0.900. The third kappa shape index (κ3) is 2.19. The Kier molecular flexibility index (Phi) is 2.94. The lowest BCUT2D eigenvalue weighted by molar-refractivity contribution is -0.757. The first-order valence-corrected chi connectivity index (χ1v) is 5.57. The third-order valence-electron chi connectivity index (χ3n) is 3.63. The zero-order valence-corrected chi connectivity index (χ0v) is 9.39. The van der Waals surface area contributed by atoms with E-state index in [4.69, 9.17) is 9.84 Å². The van der Waals surface area contributed by atoms with E-state index in [9.17, 15) is 14.9 Å². The fourth-order valence-corrected chi connectivity index (χ4v) is 2.97. The van der Waals surface area contributed by atoms with Gasteiger partial charge in [0.05, 0.1) is 18.6 Å². The van der Waals surface area contributed by atoms with Crippen molar-refractivity contribution >= 4 is 5.97 Å². The first-order chi connectivity index (χ1) is 7.98. The van der Waals surface area contributed by atoms with E-state index in [-0.39, 0.29) is 12.0 Å². The van der Waals surface area contributed by atoms with E-state index >= 15 is 0 Å². The Balaban J connectivity index is 1.52. The molecule has 0 amide bonds. The fourth-order valence-electron chi connectivity index (χ4n) is 2.97. The summed E-state index contributed by atoms with van der Waals surface area (Å²) in [7, 11) is 0. The van der Waals surface area contributed by atoms with Crippen LogP contribution in [0.4, 0.5) is 0 Å². The highest BCUT2D eigenvalue weighted by Crippen LogP contribution is 2.73. The molecule has 0 radical (unpaired) electrons. The van der Waals surface area contributed by atoms with Crippen molar-refractivity contribution in [2.24, 2.45) is 10.8 Å². The Bertz CT molecular complexity index is 322. The quantitative estimate of drug-likeness (QED) is 0.386. The molecule has 1 N–H and O–H groups in total. The number of nitrogens with zero attached hydrogens (tertiary/aromatic N) is 1. The van der Waals surface area contributed by atoms with Gasteiger partial charge in [-0.3, -0.25) is 4.79 Å². The second-order valence-electron chi connectivity index (χ2n) is 5.08. The molecular weight excluding hydrogens is 230 g/mol. The molecule has 0 aliphatic heterocycles. The van der Waals surface area contributed by atoms with Crippen molar-refractivity contribution in [2.45, 2.75) is 25.7 Å². The van der Waals surface area contributed by atoms with Gasteiger partial charge in [-0.25, -0.2) is 0 Å². The molecule has 3 saturated carbocycles. The van der Waals surface area contributed by atoms with Gasteiger partial charge in [-0.05, 0) is 31.1 Å². The summed E-state index contributed by atoms with van der Waals surface area (Å²) in [4.78, 5) is 24.8. The predicted octanol–water partition coefficient (Wildman–Crippen LogP) is 0.856. The molecule has 0 spiro atoms. The highest BCUT2D eigenvalue weighted by molar-refractivity contribution is 5.79. The van der Waals surface area contributed by atoms with E-state index in [2.05, 4.69) is 4.84 Å². The average Bonchev–Trinajstić information content (AvgIpc) is 2.10. The molecule has 0 aromatic carbocycles. The number of rotatable bonds is 8. The maximum Gasteiger partial charge on any atom is 0.309 e. The zero-order valence-electron chi connectivity index (χ0n) is 9.39.